The van der Waals surface area contributed by atoms with Crippen LogP contribution in [0, 0.1) is 12.7 Å². The van der Waals surface area contributed by atoms with Gasteiger partial charge in [-0.2, -0.15) is 0 Å². The quantitative estimate of drug-likeness (QED) is 0.197. The average Bonchev–Trinajstić information content (AvgIpc) is 3.65. The maximum atomic E-state index is 15.0. The van der Waals surface area contributed by atoms with Crippen molar-refractivity contribution >= 4 is 22.9 Å². The number of aryl methyl sites for hydroxylation is 1. The molecule has 4 aromatic rings. The average molecular weight is 530 g/mol. The predicted octanol–water partition coefficient (Wildman–Crippen LogP) is 7.07. The third kappa shape index (κ3) is 4.63. The fourth-order valence-electron chi connectivity index (χ4n) is 4.85. The Bertz CT molecular complexity index is 1560. The fraction of sp³-hybridized carbons (Fsp3) is 0.200. The van der Waals surface area contributed by atoms with Gasteiger partial charge in [0.05, 0.1) is 17.8 Å². The van der Waals surface area contributed by atoms with Crippen LogP contribution in [0.2, 0.25) is 0 Å². The molecule has 1 aliphatic carbocycles. The number of methoxy groups -OCH3 is 1. The Labute approximate surface area is 223 Å². The largest absolute Gasteiger partial charge is 0.488 e. The topological polar surface area (TPSA) is 66.9 Å². The number of thiazole rings is 1. The van der Waals surface area contributed by atoms with Crippen LogP contribution in [0.25, 0.3) is 16.8 Å². The van der Waals surface area contributed by atoms with Crippen molar-refractivity contribution < 1.29 is 28.1 Å². The molecule has 0 saturated carbocycles. The molecule has 2 heterocycles. The Morgan fingerprint density at radius 2 is 1.95 bits per heavy atom. The highest BCUT2D eigenvalue weighted by Crippen LogP contribution is 2.44. The zero-order valence-corrected chi connectivity index (χ0v) is 21.6. The van der Waals surface area contributed by atoms with Crippen LogP contribution >= 0.6 is 11.3 Å². The van der Waals surface area contributed by atoms with Crippen molar-refractivity contribution in [2.75, 3.05) is 13.7 Å². The SMILES string of the molecule is COC(=O)C=C1COc2cc(OC3CCc4c(Oc5ccc(-c6csc(C)n6)cc5)ccc(F)c43)ccc21. The van der Waals surface area contributed by atoms with E-state index >= 15 is 4.39 Å². The van der Waals surface area contributed by atoms with Crippen LogP contribution in [0.3, 0.4) is 0 Å². The Morgan fingerprint density at radius 1 is 1.13 bits per heavy atom. The second-order valence-corrected chi connectivity index (χ2v) is 10.2. The minimum Gasteiger partial charge on any atom is -0.488 e. The lowest BCUT2D eigenvalue weighted by molar-refractivity contribution is -0.134. The first kappa shape index (κ1) is 24.2. The van der Waals surface area contributed by atoms with Crippen LogP contribution in [0.4, 0.5) is 4.39 Å². The molecule has 0 saturated heterocycles. The van der Waals surface area contributed by atoms with Gasteiger partial charge in [-0.3, -0.25) is 0 Å². The summed E-state index contributed by atoms with van der Waals surface area (Å²) in [7, 11) is 1.34. The molecule has 1 aliphatic heterocycles. The van der Waals surface area contributed by atoms with Gasteiger partial charge in [-0.1, -0.05) is 0 Å². The Hall–Kier alpha value is -4.17. The molecule has 38 heavy (non-hydrogen) atoms. The van der Waals surface area contributed by atoms with Crippen molar-refractivity contribution in [2.45, 2.75) is 25.9 Å². The second kappa shape index (κ2) is 9.95. The molecule has 0 N–H and O–H groups in total. The Kier molecular flexibility index (Phi) is 6.33. The molecule has 0 amide bonds. The van der Waals surface area contributed by atoms with Gasteiger partial charge in [0.25, 0.3) is 0 Å². The number of esters is 1. The smallest absolute Gasteiger partial charge is 0.330 e. The van der Waals surface area contributed by atoms with Gasteiger partial charge in [-0.05, 0) is 68.3 Å². The number of nitrogens with zero attached hydrogens (tertiary/aromatic N) is 1. The molecule has 0 fully saturated rings. The number of carbonyl (C=O) groups is 1. The number of aromatic nitrogens is 1. The van der Waals surface area contributed by atoms with Crippen molar-refractivity contribution in [1.82, 2.24) is 4.98 Å². The molecule has 0 spiro atoms. The molecule has 192 valence electrons. The highest BCUT2D eigenvalue weighted by atomic mass is 32.1. The summed E-state index contributed by atoms with van der Waals surface area (Å²) in [6.45, 7) is 2.26. The molecule has 0 bridgehead atoms. The highest BCUT2D eigenvalue weighted by Gasteiger charge is 2.31. The van der Waals surface area contributed by atoms with Crippen LogP contribution in [0.5, 0.6) is 23.0 Å². The summed E-state index contributed by atoms with van der Waals surface area (Å²) < 4.78 is 37.9. The van der Waals surface area contributed by atoms with Gasteiger partial charge < -0.3 is 18.9 Å². The van der Waals surface area contributed by atoms with E-state index in [0.717, 1.165) is 33.0 Å². The summed E-state index contributed by atoms with van der Waals surface area (Å²) in [6, 6.07) is 16.3. The van der Waals surface area contributed by atoms with E-state index in [0.29, 0.717) is 41.4 Å². The summed E-state index contributed by atoms with van der Waals surface area (Å²) >= 11 is 1.61. The molecule has 6 rings (SSSR count). The van der Waals surface area contributed by atoms with Gasteiger partial charge >= 0.3 is 5.97 Å². The number of carbonyl (C=O) groups excluding carboxylic acids is 1. The third-order valence-corrected chi connectivity index (χ3v) is 7.46. The summed E-state index contributed by atoms with van der Waals surface area (Å²) in [5.74, 6) is 1.73. The number of halogens is 1. The van der Waals surface area contributed by atoms with Crippen molar-refractivity contribution in [1.29, 1.82) is 0 Å². The molecule has 8 heteroatoms. The summed E-state index contributed by atoms with van der Waals surface area (Å²) in [5, 5.41) is 3.05. The second-order valence-electron chi connectivity index (χ2n) is 9.10. The minimum absolute atomic E-state index is 0.278. The first-order valence-electron chi connectivity index (χ1n) is 12.2. The van der Waals surface area contributed by atoms with Crippen LogP contribution in [-0.2, 0) is 16.0 Å². The minimum atomic E-state index is -0.451. The molecular weight excluding hydrogens is 505 g/mol. The molecule has 1 unspecified atom stereocenters. The molecule has 0 radical (unpaired) electrons. The first-order chi connectivity index (χ1) is 18.5. The summed E-state index contributed by atoms with van der Waals surface area (Å²) in [4.78, 5) is 16.1. The summed E-state index contributed by atoms with van der Waals surface area (Å²) in [6.07, 6.45) is 2.23. The van der Waals surface area contributed by atoms with E-state index in [4.69, 9.17) is 18.9 Å². The van der Waals surface area contributed by atoms with Gasteiger partial charge in [-0.25, -0.2) is 14.2 Å². The number of benzene rings is 3. The van der Waals surface area contributed by atoms with Crippen molar-refractivity contribution in [3.63, 3.8) is 0 Å². The van der Waals surface area contributed by atoms with Gasteiger partial charge in [0.2, 0.25) is 0 Å². The number of rotatable bonds is 6. The van der Waals surface area contributed by atoms with Crippen molar-refractivity contribution in [3.05, 3.63) is 93.6 Å². The van der Waals surface area contributed by atoms with Crippen LogP contribution in [-0.4, -0.2) is 24.7 Å². The normalized spacial score (nSPS) is 16.6. The highest BCUT2D eigenvalue weighted by molar-refractivity contribution is 7.09. The van der Waals surface area contributed by atoms with E-state index in [1.165, 1.54) is 19.3 Å². The summed E-state index contributed by atoms with van der Waals surface area (Å²) in [5.41, 5.74) is 4.85. The fourth-order valence-corrected chi connectivity index (χ4v) is 5.47. The van der Waals surface area contributed by atoms with E-state index in [1.807, 2.05) is 42.6 Å². The number of hydrogen-bond donors (Lipinski definition) is 0. The van der Waals surface area contributed by atoms with Gasteiger partial charge in [0.1, 0.15) is 41.5 Å². The maximum Gasteiger partial charge on any atom is 0.330 e. The monoisotopic (exact) mass is 529 g/mol. The molecule has 2 aliphatic rings. The number of hydrogen-bond acceptors (Lipinski definition) is 7. The van der Waals surface area contributed by atoms with Crippen LogP contribution in [0.1, 0.15) is 34.2 Å². The zero-order valence-electron chi connectivity index (χ0n) is 20.8. The van der Waals surface area contributed by atoms with E-state index in [9.17, 15) is 4.79 Å². The standard InChI is InChI=1S/C30H24FNO5S/c1-17-32-25(16-38-17)18-3-5-20(6-4-18)36-26-12-10-24(31)30-23(26)9-11-27(30)37-21-7-8-22-19(13-29(33)34-2)15-35-28(22)14-21/h3-8,10,12-14,16,27H,9,11,15H2,1-2H3. The van der Waals surface area contributed by atoms with Gasteiger partial charge in [-0.15, -0.1) is 11.3 Å². The first-order valence-corrected chi connectivity index (χ1v) is 13.1. The van der Waals surface area contributed by atoms with E-state index < -0.39 is 12.1 Å². The predicted molar refractivity (Wildman–Crippen MR) is 142 cm³/mol. The van der Waals surface area contributed by atoms with Gasteiger partial charge in [0, 0.05) is 45.3 Å². The Balaban J connectivity index is 1.20. The van der Waals surface area contributed by atoms with Crippen molar-refractivity contribution in [2.24, 2.45) is 0 Å². The lowest BCUT2D eigenvalue weighted by atomic mass is 10.1. The number of ether oxygens (including phenoxy) is 4. The van der Waals surface area contributed by atoms with Crippen molar-refractivity contribution in [3.8, 4) is 34.3 Å². The third-order valence-electron chi connectivity index (χ3n) is 6.69. The van der Waals surface area contributed by atoms with Crippen LogP contribution in [0.15, 0.2) is 66.1 Å². The van der Waals surface area contributed by atoms with E-state index in [1.54, 1.807) is 29.5 Å². The molecular formula is C30H24FNO5S. The maximum absolute atomic E-state index is 15.0. The lowest BCUT2D eigenvalue weighted by Gasteiger charge is -2.17. The molecule has 1 aromatic heterocycles. The van der Waals surface area contributed by atoms with E-state index in [2.05, 4.69) is 4.98 Å². The van der Waals surface area contributed by atoms with Crippen LogP contribution < -0.4 is 14.2 Å². The lowest BCUT2D eigenvalue weighted by Crippen LogP contribution is -2.06. The molecule has 6 nitrogen and oxygen atoms in total. The zero-order chi connectivity index (χ0) is 26.2. The number of fused-ring (bicyclic) bond motifs is 2. The molecule has 1 atom stereocenters. The molecule has 3 aromatic carbocycles. The van der Waals surface area contributed by atoms with Gasteiger partial charge in [0.15, 0.2) is 0 Å². The van der Waals surface area contributed by atoms with E-state index in [-0.39, 0.29) is 12.4 Å². The Morgan fingerprint density at radius 3 is 2.71 bits per heavy atom.